The zero-order valence-electron chi connectivity index (χ0n) is 27.1. The summed E-state index contributed by atoms with van der Waals surface area (Å²) in [5.74, 6) is 0. The second kappa shape index (κ2) is 16.1. The van der Waals surface area contributed by atoms with Crippen LogP contribution in [-0.4, -0.2) is 24.5 Å². The van der Waals surface area contributed by atoms with Crippen molar-refractivity contribution in [2.75, 3.05) is 0 Å². The molecule has 0 aromatic heterocycles. The highest BCUT2D eigenvalue weighted by Crippen LogP contribution is 2.35. The van der Waals surface area contributed by atoms with E-state index in [0.29, 0.717) is 0 Å². The van der Waals surface area contributed by atoms with Gasteiger partial charge in [0.1, 0.15) is 0 Å². The summed E-state index contributed by atoms with van der Waals surface area (Å²) in [4.78, 5) is 10.6. The normalized spacial score (nSPS) is 16.6. The van der Waals surface area contributed by atoms with Crippen molar-refractivity contribution in [3.63, 3.8) is 0 Å². The summed E-state index contributed by atoms with van der Waals surface area (Å²) in [6.07, 6.45) is 8.81. The van der Waals surface area contributed by atoms with Gasteiger partial charge in [-0.25, -0.2) is 0 Å². The Bertz CT molecular complexity index is 1720. The molecule has 0 heterocycles. The minimum Gasteiger partial charge on any atom is -0.287 e. The summed E-state index contributed by atoms with van der Waals surface area (Å²) in [7, 11) is -1.42. The molecule has 236 valence electrons. The van der Waals surface area contributed by atoms with E-state index in [4.69, 9.17) is 9.98 Å². The number of rotatable bonds is 10. The molecule has 0 radical (unpaired) electrons. The SMILES string of the molecule is C(=N\[C@@H]1CCCC[C@H]1/N=C/c1ccccc1P(c1ccccc1)c1ccccc1)/c1ccccc1P(c1ccccc1)c1ccccc1. The molecule has 1 aliphatic rings. The minimum atomic E-state index is -0.712. The maximum atomic E-state index is 5.31. The molecule has 0 aliphatic heterocycles. The van der Waals surface area contributed by atoms with Gasteiger partial charge in [0.2, 0.25) is 0 Å². The summed E-state index contributed by atoms with van der Waals surface area (Å²) < 4.78 is 0. The predicted octanol–water partition coefficient (Wildman–Crippen LogP) is 8.05. The lowest BCUT2D eigenvalue weighted by Gasteiger charge is -2.26. The molecule has 1 saturated carbocycles. The largest absolute Gasteiger partial charge is 0.287 e. The lowest BCUT2D eigenvalue weighted by molar-refractivity contribution is 0.390. The maximum Gasteiger partial charge on any atom is 0.0723 e. The van der Waals surface area contributed by atoms with Crippen molar-refractivity contribution in [1.82, 2.24) is 0 Å². The van der Waals surface area contributed by atoms with E-state index in [2.05, 4.69) is 182 Å². The highest BCUT2D eigenvalue weighted by atomic mass is 31.1. The van der Waals surface area contributed by atoms with E-state index in [1.165, 1.54) is 55.8 Å². The topological polar surface area (TPSA) is 24.7 Å². The number of nitrogens with zero attached hydrogens (tertiary/aromatic N) is 2. The first-order valence-corrected chi connectivity index (χ1v) is 19.6. The molecular weight excluding hydrogens is 618 g/mol. The van der Waals surface area contributed by atoms with Crippen molar-refractivity contribution >= 4 is 60.1 Å². The summed E-state index contributed by atoms with van der Waals surface area (Å²) >= 11 is 0. The smallest absolute Gasteiger partial charge is 0.0723 e. The average molecular weight is 659 g/mol. The van der Waals surface area contributed by atoms with Crippen LogP contribution in [0.2, 0.25) is 0 Å². The minimum absolute atomic E-state index is 0.166. The van der Waals surface area contributed by atoms with Gasteiger partial charge in [0, 0.05) is 23.6 Å². The van der Waals surface area contributed by atoms with Crippen molar-refractivity contribution in [1.29, 1.82) is 0 Å². The Labute approximate surface area is 287 Å². The van der Waals surface area contributed by atoms with Gasteiger partial charge < -0.3 is 0 Å². The van der Waals surface area contributed by atoms with Crippen molar-refractivity contribution in [3.05, 3.63) is 181 Å². The molecule has 2 nitrogen and oxygen atoms in total. The summed E-state index contributed by atoms with van der Waals surface area (Å²) in [5.41, 5.74) is 2.40. The van der Waals surface area contributed by atoms with Gasteiger partial charge in [-0.15, -0.1) is 0 Å². The summed E-state index contributed by atoms with van der Waals surface area (Å²) in [6, 6.07) is 61.7. The Kier molecular flexibility index (Phi) is 10.7. The molecule has 0 amide bonds. The maximum absolute atomic E-state index is 5.31. The van der Waals surface area contributed by atoms with E-state index in [9.17, 15) is 0 Å². The molecule has 0 saturated heterocycles. The first-order valence-electron chi connectivity index (χ1n) is 16.9. The fourth-order valence-corrected chi connectivity index (χ4v) is 11.4. The lowest BCUT2D eigenvalue weighted by atomic mass is 9.91. The third kappa shape index (κ3) is 7.63. The van der Waals surface area contributed by atoms with Gasteiger partial charge in [-0.1, -0.05) is 183 Å². The van der Waals surface area contributed by atoms with Gasteiger partial charge >= 0.3 is 0 Å². The Hall–Kier alpha value is -4.48. The van der Waals surface area contributed by atoms with Crippen LogP contribution in [0.3, 0.4) is 0 Å². The molecule has 7 rings (SSSR count). The second-order valence-electron chi connectivity index (χ2n) is 12.1. The van der Waals surface area contributed by atoms with Crippen LogP contribution in [0.25, 0.3) is 0 Å². The van der Waals surface area contributed by atoms with Gasteiger partial charge in [-0.3, -0.25) is 9.98 Å². The number of aliphatic imine (C=N–C) groups is 2. The van der Waals surface area contributed by atoms with E-state index in [1.54, 1.807) is 0 Å². The molecule has 1 aliphatic carbocycles. The van der Waals surface area contributed by atoms with Gasteiger partial charge in [0.25, 0.3) is 0 Å². The summed E-state index contributed by atoms with van der Waals surface area (Å²) in [6.45, 7) is 0. The standard InChI is InChI=1S/C44H40N2P2/c1-5-21-37(22-6-1)47(38-23-7-2-8-24-38)43-31-17-13-19-35(43)33-45-41-29-15-16-30-42(41)46-34-36-20-14-18-32-44(36)48(39-25-9-3-10-26-39)40-27-11-4-12-28-40/h1-14,17-28,31-34,41-42H,15-16,29-30H2/b45-33+,46-34+/t41-,42-/m1/s1. The average Bonchev–Trinajstić information content (AvgIpc) is 3.16. The van der Waals surface area contributed by atoms with Crippen LogP contribution in [0.5, 0.6) is 0 Å². The monoisotopic (exact) mass is 658 g/mol. The van der Waals surface area contributed by atoms with Gasteiger partial charge in [-0.2, -0.15) is 0 Å². The Morgan fingerprint density at radius 3 is 1.00 bits per heavy atom. The van der Waals surface area contributed by atoms with Gasteiger partial charge in [0.05, 0.1) is 12.1 Å². The third-order valence-electron chi connectivity index (χ3n) is 8.92. The van der Waals surface area contributed by atoms with Gasteiger partial charge in [-0.05, 0) is 60.5 Å². The molecule has 48 heavy (non-hydrogen) atoms. The molecule has 1 fully saturated rings. The third-order valence-corrected chi connectivity index (χ3v) is 14.0. The molecule has 2 atom stereocenters. The molecule has 6 aromatic rings. The molecule has 0 N–H and O–H groups in total. The zero-order valence-corrected chi connectivity index (χ0v) is 28.9. The lowest BCUT2D eigenvalue weighted by Crippen LogP contribution is -2.28. The van der Waals surface area contributed by atoms with E-state index < -0.39 is 15.8 Å². The highest BCUT2D eigenvalue weighted by molar-refractivity contribution is 7.80. The van der Waals surface area contributed by atoms with E-state index >= 15 is 0 Å². The van der Waals surface area contributed by atoms with Crippen LogP contribution in [0.1, 0.15) is 36.8 Å². The van der Waals surface area contributed by atoms with Crippen molar-refractivity contribution in [2.24, 2.45) is 9.98 Å². The predicted molar refractivity (Wildman–Crippen MR) is 212 cm³/mol. The van der Waals surface area contributed by atoms with E-state index in [1.807, 2.05) is 0 Å². The number of hydrogen-bond donors (Lipinski definition) is 0. The van der Waals surface area contributed by atoms with E-state index in [0.717, 1.165) is 12.8 Å². The fraction of sp³-hybridized carbons (Fsp3) is 0.136. The quantitative estimate of drug-likeness (QED) is 0.105. The number of hydrogen-bond acceptors (Lipinski definition) is 2. The molecule has 0 unspecified atom stereocenters. The van der Waals surface area contributed by atoms with E-state index in [-0.39, 0.29) is 12.1 Å². The number of benzene rings is 6. The summed E-state index contributed by atoms with van der Waals surface area (Å²) in [5, 5.41) is 8.09. The van der Waals surface area contributed by atoms with Crippen molar-refractivity contribution in [2.45, 2.75) is 37.8 Å². The van der Waals surface area contributed by atoms with Crippen LogP contribution in [0.15, 0.2) is 180 Å². The molecule has 4 heteroatoms. The van der Waals surface area contributed by atoms with Crippen LogP contribution < -0.4 is 31.8 Å². The fourth-order valence-electron chi connectivity index (χ4n) is 6.55. The Morgan fingerprint density at radius 2 is 0.667 bits per heavy atom. The first kappa shape index (κ1) is 32.1. The first-order chi connectivity index (χ1) is 23.8. The second-order valence-corrected chi connectivity index (χ2v) is 16.5. The Balaban J connectivity index is 1.19. The molecule has 6 aromatic carbocycles. The molecule has 0 bridgehead atoms. The van der Waals surface area contributed by atoms with Crippen LogP contribution >= 0.6 is 15.8 Å². The zero-order chi connectivity index (χ0) is 32.4. The van der Waals surface area contributed by atoms with Crippen LogP contribution in [-0.2, 0) is 0 Å². The van der Waals surface area contributed by atoms with Crippen molar-refractivity contribution in [3.8, 4) is 0 Å². The molecular formula is C44H40N2P2. The highest BCUT2D eigenvalue weighted by Gasteiger charge is 2.25. The van der Waals surface area contributed by atoms with Crippen LogP contribution in [0, 0.1) is 0 Å². The molecule has 0 spiro atoms. The van der Waals surface area contributed by atoms with Crippen molar-refractivity contribution < 1.29 is 0 Å². The Morgan fingerprint density at radius 1 is 0.375 bits per heavy atom. The van der Waals surface area contributed by atoms with Crippen LogP contribution in [0.4, 0.5) is 0 Å². The van der Waals surface area contributed by atoms with Gasteiger partial charge in [0.15, 0.2) is 0 Å².